The van der Waals surface area contributed by atoms with Crippen LogP contribution in [0.15, 0.2) is 16.6 Å². The van der Waals surface area contributed by atoms with Crippen LogP contribution in [0, 0.1) is 15.9 Å². The van der Waals surface area contributed by atoms with Crippen LogP contribution < -0.4 is 11.1 Å². The number of halogens is 2. The molecule has 80 valence electrons. The van der Waals surface area contributed by atoms with Crippen molar-refractivity contribution in [2.45, 2.75) is 0 Å². The predicted octanol–water partition coefficient (Wildman–Crippen LogP) is 2.15. The van der Waals surface area contributed by atoms with Crippen molar-refractivity contribution in [1.82, 2.24) is 0 Å². The van der Waals surface area contributed by atoms with Gasteiger partial charge in [0, 0.05) is 4.47 Å². The van der Waals surface area contributed by atoms with Crippen molar-refractivity contribution in [2.24, 2.45) is 5.73 Å². The molecule has 0 amide bonds. The van der Waals surface area contributed by atoms with Gasteiger partial charge in [0.15, 0.2) is 5.11 Å². The van der Waals surface area contributed by atoms with Gasteiger partial charge in [0.1, 0.15) is 5.69 Å². The van der Waals surface area contributed by atoms with Crippen LogP contribution in [0.5, 0.6) is 0 Å². The van der Waals surface area contributed by atoms with Crippen molar-refractivity contribution in [2.75, 3.05) is 5.32 Å². The Morgan fingerprint density at radius 1 is 1.67 bits per heavy atom. The first-order chi connectivity index (χ1) is 6.93. The Balaban J connectivity index is 3.38. The maximum Gasteiger partial charge on any atom is 0.329 e. The van der Waals surface area contributed by atoms with Crippen LogP contribution in [0.2, 0.25) is 0 Å². The summed E-state index contributed by atoms with van der Waals surface area (Å²) in [7, 11) is 0. The fraction of sp³-hybridized carbons (Fsp3) is 0. The molecule has 0 saturated heterocycles. The van der Waals surface area contributed by atoms with Gasteiger partial charge in [-0.05, 0) is 40.3 Å². The van der Waals surface area contributed by atoms with E-state index >= 15 is 0 Å². The van der Waals surface area contributed by atoms with Crippen molar-refractivity contribution < 1.29 is 9.31 Å². The number of rotatable bonds is 2. The maximum atomic E-state index is 13.1. The molecule has 0 aromatic heterocycles. The number of benzene rings is 1. The Kier molecular flexibility index (Phi) is 3.53. The molecule has 0 saturated carbocycles. The van der Waals surface area contributed by atoms with E-state index in [1.54, 1.807) is 0 Å². The minimum absolute atomic E-state index is 0.0903. The van der Waals surface area contributed by atoms with Crippen LogP contribution in [-0.4, -0.2) is 10.0 Å². The largest absolute Gasteiger partial charge is 0.376 e. The molecule has 0 aliphatic rings. The summed E-state index contributed by atoms with van der Waals surface area (Å²) in [6.45, 7) is 0. The van der Waals surface area contributed by atoms with Gasteiger partial charge in [-0.1, -0.05) is 0 Å². The monoisotopic (exact) mass is 293 g/mol. The van der Waals surface area contributed by atoms with Crippen molar-refractivity contribution in [3.63, 3.8) is 0 Å². The molecule has 0 heterocycles. The summed E-state index contributed by atoms with van der Waals surface area (Å²) in [5.41, 5.74) is 4.38. The molecule has 0 atom stereocenters. The lowest BCUT2D eigenvalue weighted by atomic mass is 10.2. The van der Waals surface area contributed by atoms with Gasteiger partial charge in [0.2, 0.25) is 5.82 Å². The van der Waals surface area contributed by atoms with E-state index in [2.05, 4.69) is 33.5 Å². The molecule has 0 bridgehead atoms. The lowest BCUT2D eigenvalue weighted by Crippen LogP contribution is -2.20. The molecule has 8 heteroatoms. The van der Waals surface area contributed by atoms with E-state index < -0.39 is 16.4 Å². The van der Waals surface area contributed by atoms with Gasteiger partial charge >= 0.3 is 5.69 Å². The number of nitro groups is 1. The Labute approximate surface area is 97.7 Å². The summed E-state index contributed by atoms with van der Waals surface area (Å²) in [6, 6.07) is 2.30. The van der Waals surface area contributed by atoms with Crippen LogP contribution in [0.4, 0.5) is 15.8 Å². The highest BCUT2D eigenvalue weighted by molar-refractivity contribution is 9.10. The topological polar surface area (TPSA) is 81.2 Å². The number of hydrogen-bond donors (Lipinski definition) is 2. The fourth-order valence-corrected chi connectivity index (χ4v) is 1.48. The second kappa shape index (κ2) is 4.49. The summed E-state index contributed by atoms with van der Waals surface area (Å²) in [6.07, 6.45) is 0. The van der Waals surface area contributed by atoms with E-state index in [4.69, 9.17) is 5.73 Å². The van der Waals surface area contributed by atoms with E-state index in [1.165, 1.54) is 6.07 Å². The van der Waals surface area contributed by atoms with Crippen LogP contribution in [0.25, 0.3) is 0 Å². The van der Waals surface area contributed by atoms with Gasteiger partial charge in [-0.25, -0.2) is 0 Å². The molecule has 1 aromatic carbocycles. The molecule has 5 nitrogen and oxygen atoms in total. The summed E-state index contributed by atoms with van der Waals surface area (Å²) in [5.74, 6) is -0.957. The number of anilines is 1. The highest BCUT2D eigenvalue weighted by Crippen LogP contribution is 2.34. The Morgan fingerprint density at radius 2 is 2.27 bits per heavy atom. The second-order valence-corrected chi connectivity index (χ2v) is 3.79. The standard InChI is InChI=1S/C7H5BrFN3O2S/c8-3-1-2-4(9)6(12(13)14)5(3)11-7(10)15/h1-2H,(H3,10,11,15). The van der Waals surface area contributed by atoms with E-state index in [9.17, 15) is 14.5 Å². The normalized spacial score (nSPS) is 9.73. The fourth-order valence-electron chi connectivity index (χ4n) is 0.962. The number of nitro benzene ring substituents is 1. The van der Waals surface area contributed by atoms with E-state index in [0.29, 0.717) is 4.47 Å². The molecule has 3 N–H and O–H groups in total. The van der Waals surface area contributed by atoms with E-state index in [1.807, 2.05) is 0 Å². The molecule has 15 heavy (non-hydrogen) atoms. The Morgan fingerprint density at radius 3 is 2.73 bits per heavy atom. The first-order valence-corrected chi connectivity index (χ1v) is 4.82. The molecule has 0 unspecified atom stereocenters. The van der Waals surface area contributed by atoms with Gasteiger partial charge in [0.05, 0.1) is 4.92 Å². The minimum atomic E-state index is -0.957. The maximum absolute atomic E-state index is 13.1. The molecule has 0 radical (unpaired) electrons. The summed E-state index contributed by atoms with van der Waals surface area (Å²) < 4.78 is 13.5. The summed E-state index contributed by atoms with van der Waals surface area (Å²) >= 11 is 7.56. The lowest BCUT2D eigenvalue weighted by Gasteiger charge is -2.07. The van der Waals surface area contributed by atoms with Crippen LogP contribution in [0.3, 0.4) is 0 Å². The highest BCUT2D eigenvalue weighted by atomic mass is 79.9. The number of nitrogens with one attached hydrogen (secondary N) is 1. The third-order valence-electron chi connectivity index (χ3n) is 1.51. The van der Waals surface area contributed by atoms with Gasteiger partial charge in [0.25, 0.3) is 0 Å². The first kappa shape index (κ1) is 11.8. The van der Waals surface area contributed by atoms with Crippen molar-refractivity contribution >= 4 is 44.6 Å². The van der Waals surface area contributed by atoms with Gasteiger partial charge < -0.3 is 11.1 Å². The van der Waals surface area contributed by atoms with E-state index in [0.717, 1.165) is 6.07 Å². The van der Waals surface area contributed by atoms with Crippen molar-refractivity contribution in [1.29, 1.82) is 0 Å². The van der Waals surface area contributed by atoms with Crippen LogP contribution in [0.1, 0.15) is 0 Å². The first-order valence-electron chi connectivity index (χ1n) is 3.62. The highest BCUT2D eigenvalue weighted by Gasteiger charge is 2.23. The average Bonchev–Trinajstić information content (AvgIpc) is 2.10. The third kappa shape index (κ3) is 2.60. The van der Waals surface area contributed by atoms with Crippen LogP contribution >= 0.6 is 28.1 Å². The molecular weight excluding hydrogens is 289 g/mol. The summed E-state index contributed by atoms with van der Waals surface area (Å²) in [4.78, 5) is 9.75. The van der Waals surface area contributed by atoms with Gasteiger partial charge in [-0.3, -0.25) is 10.1 Å². The molecule has 0 fully saturated rings. The zero-order chi connectivity index (χ0) is 11.6. The van der Waals surface area contributed by atoms with Gasteiger partial charge in [-0.2, -0.15) is 4.39 Å². The molecule has 0 spiro atoms. The zero-order valence-corrected chi connectivity index (χ0v) is 9.56. The van der Waals surface area contributed by atoms with Crippen molar-refractivity contribution in [3.8, 4) is 0 Å². The molecule has 1 aromatic rings. The number of hydrogen-bond acceptors (Lipinski definition) is 3. The lowest BCUT2D eigenvalue weighted by molar-refractivity contribution is -0.386. The van der Waals surface area contributed by atoms with Crippen molar-refractivity contribution in [3.05, 3.63) is 32.5 Å². The molecule has 0 aliphatic heterocycles. The molecule has 0 aliphatic carbocycles. The summed E-state index contributed by atoms with van der Waals surface area (Å²) in [5, 5.41) is 12.8. The second-order valence-electron chi connectivity index (χ2n) is 2.50. The average molecular weight is 294 g/mol. The van der Waals surface area contributed by atoms with Crippen LogP contribution in [-0.2, 0) is 0 Å². The number of thiocarbonyl (C=S) groups is 1. The van der Waals surface area contributed by atoms with Gasteiger partial charge in [-0.15, -0.1) is 0 Å². The Bertz CT molecular complexity index is 440. The minimum Gasteiger partial charge on any atom is -0.376 e. The zero-order valence-electron chi connectivity index (χ0n) is 7.16. The molecule has 1 rings (SSSR count). The van der Waals surface area contributed by atoms with E-state index in [-0.39, 0.29) is 10.8 Å². The molecular formula is C7H5BrFN3O2S. The number of nitrogens with two attached hydrogens (primary N) is 1. The SMILES string of the molecule is NC(=S)Nc1c(Br)ccc(F)c1[N+](=O)[O-]. The quantitative estimate of drug-likeness (QED) is 0.496. The Hall–Kier alpha value is -1.28. The predicted molar refractivity (Wildman–Crippen MR) is 61.2 cm³/mol. The number of nitrogens with zero attached hydrogens (tertiary/aromatic N) is 1. The smallest absolute Gasteiger partial charge is 0.329 e. The third-order valence-corrected chi connectivity index (χ3v) is 2.27.